The number of Topliss-reactive ketones (excluding diaryl/α,β-unsaturated/α-hetero) is 1. The van der Waals surface area contributed by atoms with Crippen LogP contribution in [0.3, 0.4) is 0 Å². The fourth-order valence-corrected chi connectivity index (χ4v) is 2.97. The molecule has 0 fully saturated rings. The largest absolute Gasteiger partial charge is 0.493 e. The maximum absolute atomic E-state index is 12.4. The van der Waals surface area contributed by atoms with Crippen LogP contribution < -0.4 is 14.8 Å². The molecule has 150 valence electrons. The number of ether oxygens (including phenoxy) is 2. The highest BCUT2D eigenvalue weighted by molar-refractivity contribution is 5.95. The van der Waals surface area contributed by atoms with E-state index in [1.54, 1.807) is 22.9 Å². The second-order valence-corrected chi connectivity index (χ2v) is 6.55. The van der Waals surface area contributed by atoms with E-state index in [1.807, 2.05) is 44.2 Å². The Bertz CT molecular complexity index is 1040. The SMILES string of the molecule is COc1cc(C(C)=O)ccc1OCC(=O)Nc1c(C)nn(-c2ccccc2)c1C. The molecule has 0 aliphatic heterocycles. The van der Waals surface area contributed by atoms with Crippen molar-refractivity contribution < 1.29 is 19.1 Å². The minimum Gasteiger partial charge on any atom is -0.493 e. The molecule has 3 rings (SSSR count). The summed E-state index contributed by atoms with van der Waals surface area (Å²) in [5.41, 5.74) is 3.62. The molecular formula is C22H23N3O4. The molecule has 0 aliphatic rings. The Morgan fingerprint density at radius 2 is 1.79 bits per heavy atom. The first-order valence-electron chi connectivity index (χ1n) is 9.14. The van der Waals surface area contributed by atoms with Crippen molar-refractivity contribution in [2.24, 2.45) is 0 Å². The number of carbonyl (C=O) groups excluding carboxylic acids is 2. The van der Waals surface area contributed by atoms with Crippen molar-refractivity contribution in [2.75, 3.05) is 19.0 Å². The molecule has 0 saturated carbocycles. The lowest BCUT2D eigenvalue weighted by Crippen LogP contribution is -2.21. The van der Waals surface area contributed by atoms with E-state index in [1.165, 1.54) is 14.0 Å². The average molecular weight is 393 g/mol. The molecule has 0 radical (unpaired) electrons. The van der Waals surface area contributed by atoms with E-state index < -0.39 is 0 Å². The Labute approximate surface area is 169 Å². The van der Waals surface area contributed by atoms with Crippen LogP contribution >= 0.6 is 0 Å². The van der Waals surface area contributed by atoms with Gasteiger partial charge in [0.15, 0.2) is 23.9 Å². The van der Waals surface area contributed by atoms with Crippen LogP contribution in [0.2, 0.25) is 0 Å². The Kier molecular flexibility index (Phi) is 5.97. The van der Waals surface area contributed by atoms with Gasteiger partial charge in [-0.25, -0.2) is 4.68 Å². The van der Waals surface area contributed by atoms with E-state index in [4.69, 9.17) is 9.47 Å². The predicted molar refractivity (Wildman–Crippen MR) is 110 cm³/mol. The molecule has 1 heterocycles. The number of amides is 1. The summed E-state index contributed by atoms with van der Waals surface area (Å²) in [6, 6.07) is 14.5. The van der Waals surface area contributed by atoms with Gasteiger partial charge in [-0.05, 0) is 51.1 Å². The van der Waals surface area contributed by atoms with Crippen molar-refractivity contribution in [3.05, 3.63) is 65.5 Å². The van der Waals surface area contributed by atoms with Gasteiger partial charge in [0.25, 0.3) is 5.91 Å². The lowest BCUT2D eigenvalue weighted by atomic mass is 10.1. The van der Waals surface area contributed by atoms with Crippen molar-refractivity contribution in [3.63, 3.8) is 0 Å². The molecule has 3 aromatic rings. The minimum atomic E-state index is -0.318. The number of aryl methyl sites for hydroxylation is 1. The van der Waals surface area contributed by atoms with Gasteiger partial charge in [0.2, 0.25) is 0 Å². The summed E-state index contributed by atoms with van der Waals surface area (Å²) in [5, 5.41) is 7.38. The van der Waals surface area contributed by atoms with Crippen LogP contribution in [0.15, 0.2) is 48.5 Å². The monoisotopic (exact) mass is 393 g/mol. The smallest absolute Gasteiger partial charge is 0.262 e. The predicted octanol–water partition coefficient (Wildman–Crippen LogP) is 3.72. The third-order valence-electron chi connectivity index (χ3n) is 4.49. The molecule has 1 aromatic heterocycles. The number of methoxy groups -OCH3 is 1. The Hall–Kier alpha value is -3.61. The third-order valence-corrected chi connectivity index (χ3v) is 4.49. The van der Waals surface area contributed by atoms with Crippen LogP contribution in [-0.2, 0) is 4.79 Å². The first kappa shape index (κ1) is 20.1. The highest BCUT2D eigenvalue weighted by Crippen LogP contribution is 2.28. The molecule has 1 N–H and O–H groups in total. The number of ketones is 1. The zero-order chi connectivity index (χ0) is 21.0. The summed E-state index contributed by atoms with van der Waals surface area (Å²) in [6.45, 7) is 5.01. The molecule has 1 amide bonds. The van der Waals surface area contributed by atoms with Crippen molar-refractivity contribution in [3.8, 4) is 17.2 Å². The second-order valence-electron chi connectivity index (χ2n) is 6.55. The number of nitrogens with zero attached hydrogens (tertiary/aromatic N) is 2. The molecule has 29 heavy (non-hydrogen) atoms. The molecule has 0 saturated heterocycles. The number of aromatic nitrogens is 2. The van der Waals surface area contributed by atoms with Gasteiger partial charge in [-0.2, -0.15) is 5.10 Å². The van der Waals surface area contributed by atoms with Crippen molar-refractivity contribution >= 4 is 17.4 Å². The third kappa shape index (κ3) is 4.45. The Balaban J connectivity index is 1.71. The van der Waals surface area contributed by atoms with Crippen LogP contribution in [0.5, 0.6) is 11.5 Å². The summed E-state index contributed by atoms with van der Waals surface area (Å²) in [4.78, 5) is 23.9. The molecule has 0 bridgehead atoms. The Morgan fingerprint density at radius 3 is 2.45 bits per heavy atom. The zero-order valence-corrected chi connectivity index (χ0v) is 16.9. The van der Waals surface area contributed by atoms with E-state index in [9.17, 15) is 9.59 Å². The highest BCUT2D eigenvalue weighted by atomic mass is 16.5. The maximum Gasteiger partial charge on any atom is 0.262 e. The first-order valence-corrected chi connectivity index (χ1v) is 9.14. The van der Waals surface area contributed by atoms with Crippen LogP contribution in [0.25, 0.3) is 5.69 Å². The Morgan fingerprint density at radius 1 is 1.07 bits per heavy atom. The van der Waals surface area contributed by atoms with Crippen molar-refractivity contribution in [2.45, 2.75) is 20.8 Å². The van der Waals surface area contributed by atoms with Gasteiger partial charge in [-0.15, -0.1) is 0 Å². The molecule has 0 atom stereocenters. The normalized spacial score (nSPS) is 10.5. The van der Waals surface area contributed by atoms with Crippen molar-refractivity contribution in [1.82, 2.24) is 9.78 Å². The van der Waals surface area contributed by atoms with Gasteiger partial charge >= 0.3 is 0 Å². The topological polar surface area (TPSA) is 82.4 Å². The molecule has 7 heteroatoms. The molecule has 2 aromatic carbocycles. The molecule has 0 aliphatic carbocycles. The highest BCUT2D eigenvalue weighted by Gasteiger charge is 2.16. The lowest BCUT2D eigenvalue weighted by Gasteiger charge is -2.12. The van der Waals surface area contributed by atoms with Gasteiger partial charge in [-0.1, -0.05) is 18.2 Å². The summed E-state index contributed by atoms with van der Waals surface area (Å²) in [5.74, 6) is 0.395. The number of rotatable bonds is 7. The molecule has 7 nitrogen and oxygen atoms in total. The molecular weight excluding hydrogens is 370 g/mol. The number of hydrogen-bond donors (Lipinski definition) is 1. The van der Waals surface area contributed by atoms with Gasteiger partial charge in [0.05, 0.1) is 29.9 Å². The summed E-state index contributed by atoms with van der Waals surface area (Å²) in [6.07, 6.45) is 0. The van der Waals surface area contributed by atoms with Crippen LogP contribution in [0, 0.1) is 13.8 Å². The van der Waals surface area contributed by atoms with Crippen LogP contribution in [0.4, 0.5) is 5.69 Å². The van der Waals surface area contributed by atoms with Crippen LogP contribution in [-0.4, -0.2) is 35.2 Å². The fourth-order valence-electron chi connectivity index (χ4n) is 2.97. The standard InChI is InChI=1S/C22H23N3O4/c1-14-22(15(2)25(24-14)18-8-6-5-7-9-18)23-21(27)13-29-19-11-10-17(16(3)26)12-20(19)28-4/h5-12H,13H2,1-4H3,(H,23,27). The van der Waals surface area contributed by atoms with Gasteiger partial charge in [0, 0.05) is 5.56 Å². The first-order chi connectivity index (χ1) is 13.9. The van der Waals surface area contributed by atoms with Gasteiger partial charge in [-0.3, -0.25) is 9.59 Å². The van der Waals surface area contributed by atoms with E-state index in [2.05, 4.69) is 10.4 Å². The number of para-hydroxylation sites is 1. The quantitative estimate of drug-likeness (QED) is 0.619. The number of benzene rings is 2. The van der Waals surface area contributed by atoms with E-state index in [-0.39, 0.29) is 18.3 Å². The molecule has 0 spiro atoms. The van der Waals surface area contributed by atoms with E-state index in [0.717, 1.165) is 11.4 Å². The average Bonchev–Trinajstić information content (AvgIpc) is 3.00. The lowest BCUT2D eigenvalue weighted by molar-refractivity contribution is -0.118. The summed E-state index contributed by atoms with van der Waals surface area (Å²) in [7, 11) is 1.48. The van der Waals surface area contributed by atoms with Gasteiger partial charge in [0.1, 0.15) is 0 Å². The number of carbonyl (C=O) groups is 2. The second kappa shape index (κ2) is 8.60. The van der Waals surface area contributed by atoms with Crippen molar-refractivity contribution in [1.29, 1.82) is 0 Å². The number of nitrogens with one attached hydrogen (secondary N) is 1. The minimum absolute atomic E-state index is 0.0750. The molecule has 0 unspecified atom stereocenters. The zero-order valence-electron chi connectivity index (χ0n) is 16.9. The maximum atomic E-state index is 12.4. The number of hydrogen-bond acceptors (Lipinski definition) is 5. The summed E-state index contributed by atoms with van der Waals surface area (Å²) < 4.78 is 12.6. The van der Waals surface area contributed by atoms with Crippen LogP contribution in [0.1, 0.15) is 28.7 Å². The van der Waals surface area contributed by atoms with E-state index >= 15 is 0 Å². The van der Waals surface area contributed by atoms with E-state index in [0.29, 0.717) is 28.4 Å². The number of anilines is 1. The van der Waals surface area contributed by atoms with Gasteiger partial charge < -0.3 is 14.8 Å². The fraction of sp³-hybridized carbons (Fsp3) is 0.227. The summed E-state index contributed by atoms with van der Waals surface area (Å²) >= 11 is 0.